The number of carbonyl (C=O) groups excluding carboxylic acids is 1. The lowest BCUT2D eigenvalue weighted by molar-refractivity contribution is -0.136. The van der Waals surface area contributed by atoms with Crippen LogP contribution in [0.25, 0.3) is 0 Å². The maximum absolute atomic E-state index is 11.8. The van der Waals surface area contributed by atoms with Crippen LogP contribution in [0.1, 0.15) is 37.0 Å². The fraction of sp³-hybridized carbons (Fsp3) is 0.643. The Morgan fingerprint density at radius 3 is 2.74 bits per heavy atom. The molecule has 5 nitrogen and oxygen atoms in total. The number of carbonyl (C=O) groups is 1. The van der Waals surface area contributed by atoms with Crippen molar-refractivity contribution in [1.82, 2.24) is 10.6 Å². The first-order valence-corrected chi connectivity index (χ1v) is 6.60. The number of hydrogen-bond donors (Lipinski definition) is 2. The Hall–Kier alpha value is -1.33. The third-order valence-corrected chi connectivity index (χ3v) is 3.47. The zero-order valence-corrected chi connectivity index (χ0v) is 12.0. The predicted molar refractivity (Wildman–Crippen MR) is 72.0 cm³/mol. The van der Waals surface area contributed by atoms with E-state index in [1.54, 1.807) is 0 Å². The van der Waals surface area contributed by atoms with E-state index in [0.717, 1.165) is 30.2 Å². The Morgan fingerprint density at radius 2 is 2.26 bits per heavy atom. The molecule has 1 aliphatic rings. The third kappa shape index (κ3) is 3.36. The van der Waals surface area contributed by atoms with Gasteiger partial charge in [-0.2, -0.15) is 0 Å². The van der Waals surface area contributed by atoms with Crippen molar-refractivity contribution in [1.29, 1.82) is 0 Å². The minimum Gasteiger partial charge on any atom is -0.466 e. The molecule has 1 fully saturated rings. The van der Waals surface area contributed by atoms with Gasteiger partial charge in [-0.25, -0.2) is 0 Å². The van der Waals surface area contributed by atoms with Crippen LogP contribution in [-0.4, -0.2) is 31.2 Å². The molecule has 19 heavy (non-hydrogen) atoms. The summed E-state index contributed by atoms with van der Waals surface area (Å²) in [6, 6.07) is 1.89. The lowest BCUT2D eigenvalue weighted by atomic mass is 10.0. The van der Waals surface area contributed by atoms with E-state index in [2.05, 4.69) is 10.6 Å². The van der Waals surface area contributed by atoms with Crippen molar-refractivity contribution in [2.75, 3.05) is 19.7 Å². The molecule has 0 radical (unpaired) electrons. The van der Waals surface area contributed by atoms with E-state index in [-0.39, 0.29) is 24.2 Å². The SMILES string of the molecule is Cc1cc(C(C)NC(=O)COC2(C)CNC2)c(C)o1. The topological polar surface area (TPSA) is 63.5 Å². The van der Waals surface area contributed by atoms with E-state index in [4.69, 9.17) is 9.15 Å². The van der Waals surface area contributed by atoms with Crippen LogP contribution in [-0.2, 0) is 9.53 Å². The van der Waals surface area contributed by atoms with Gasteiger partial charge >= 0.3 is 0 Å². The lowest BCUT2D eigenvalue weighted by Crippen LogP contribution is -2.59. The Morgan fingerprint density at radius 1 is 1.58 bits per heavy atom. The largest absolute Gasteiger partial charge is 0.466 e. The first-order chi connectivity index (χ1) is 8.89. The molecule has 0 saturated carbocycles. The van der Waals surface area contributed by atoms with Crippen LogP contribution in [0.2, 0.25) is 0 Å². The summed E-state index contributed by atoms with van der Waals surface area (Å²) >= 11 is 0. The van der Waals surface area contributed by atoms with Crippen molar-refractivity contribution in [3.8, 4) is 0 Å². The van der Waals surface area contributed by atoms with E-state index in [0.29, 0.717) is 0 Å². The second-order valence-electron chi connectivity index (χ2n) is 5.50. The quantitative estimate of drug-likeness (QED) is 0.846. The van der Waals surface area contributed by atoms with Crippen molar-refractivity contribution in [3.63, 3.8) is 0 Å². The average Bonchev–Trinajstić information content (AvgIpc) is 2.63. The highest BCUT2D eigenvalue weighted by Crippen LogP contribution is 2.21. The van der Waals surface area contributed by atoms with Crippen LogP contribution in [0.4, 0.5) is 0 Å². The smallest absolute Gasteiger partial charge is 0.246 e. The maximum atomic E-state index is 11.8. The predicted octanol–water partition coefficient (Wildman–Crippen LogP) is 1.45. The summed E-state index contributed by atoms with van der Waals surface area (Å²) in [4.78, 5) is 11.8. The number of ether oxygens (including phenoxy) is 1. The van der Waals surface area contributed by atoms with E-state index in [1.807, 2.05) is 33.8 Å². The van der Waals surface area contributed by atoms with Crippen LogP contribution in [0, 0.1) is 13.8 Å². The molecule has 1 aliphatic heterocycles. The van der Waals surface area contributed by atoms with Gasteiger partial charge in [-0.3, -0.25) is 4.79 Å². The van der Waals surface area contributed by atoms with E-state index in [9.17, 15) is 4.79 Å². The highest BCUT2D eigenvalue weighted by atomic mass is 16.5. The highest BCUT2D eigenvalue weighted by molar-refractivity contribution is 5.77. The molecule has 1 aromatic rings. The summed E-state index contributed by atoms with van der Waals surface area (Å²) in [6.07, 6.45) is 0. The van der Waals surface area contributed by atoms with Crippen molar-refractivity contribution in [2.24, 2.45) is 0 Å². The standard InChI is InChI=1S/C14H22N2O3/c1-9-5-12(11(3)19-9)10(2)16-13(17)6-18-14(4)7-15-8-14/h5,10,15H,6-8H2,1-4H3,(H,16,17). The Kier molecular flexibility index (Phi) is 3.96. The van der Waals surface area contributed by atoms with Crippen LogP contribution in [0.15, 0.2) is 10.5 Å². The Labute approximate surface area is 113 Å². The Bertz CT molecular complexity index is 463. The molecular weight excluding hydrogens is 244 g/mol. The van der Waals surface area contributed by atoms with Gasteiger partial charge in [-0.15, -0.1) is 0 Å². The summed E-state index contributed by atoms with van der Waals surface area (Å²) in [7, 11) is 0. The minimum absolute atomic E-state index is 0.0686. The molecular formula is C14H22N2O3. The van der Waals surface area contributed by atoms with Gasteiger partial charge in [-0.05, 0) is 33.8 Å². The van der Waals surface area contributed by atoms with E-state index >= 15 is 0 Å². The van der Waals surface area contributed by atoms with Crippen molar-refractivity contribution < 1.29 is 13.9 Å². The molecule has 2 rings (SSSR count). The van der Waals surface area contributed by atoms with E-state index < -0.39 is 0 Å². The van der Waals surface area contributed by atoms with Crippen LogP contribution in [0.5, 0.6) is 0 Å². The summed E-state index contributed by atoms with van der Waals surface area (Å²) in [5, 5.41) is 6.06. The van der Waals surface area contributed by atoms with Crippen LogP contribution in [0.3, 0.4) is 0 Å². The van der Waals surface area contributed by atoms with Crippen molar-refractivity contribution in [2.45, 2.75) is 39.3 Å². The molecule has 1 unspecified atom stereocenters. The molecule has 0 spiro atoms. The Balaban J connectivity index is 1.83. The van der Waals surface area contributed by atoms with Gasteiger partial charge < -0.3 is 19.8 Å². The lowest BCUT2D eigenvalue weighted by Gasteiger charge is -2.38. The fourth-order valence-electron chi connectivity index (χ4n) is 2.26. The number of amides is 1. The van der Waals surface area contributed by atoms with E-state index in [1.165, 1.54) is 0 Å². The molecule has 0 aromatic carbocycles. The molecule has 0 bridgehead atoms. The van der Waals surface area contributed by atoms with Crippen molar-refractivity contribution in [3.05, 3.63) is 23.2 Å². The number of furan rings is 1. The number of nitrogens with one attached hydrogen (secondary N) is 2. The molecule has 2 N–H and O–H groups in total. The zero-order chi connectivity index (χ0) is 14.0. The number of aryl methyl sites for hydroxylation is 2. The molecule has 1 saturated heterocycles. The highest BCUT2D eigenvalue weighted by Gasteiger charge is 2.33. The molecule has 1 atom stereocenters. The molecule has 106 valence electrons. The monoisotopic (exact) mass is 266 g/mol. The second kappa shape index (κ2) is 5.35. The molecule has 1 amide bonds. The van der Waals surface area contributed by atoms with Crippen molar-refractivity contribution >= 4 is 5.91 Å². The summed E-state index contributed by atoms with van der Waals surface area (Å²) in [5.74, 6) is 1.61. The minimum atomic E-state index is -0.192. The second-order valence-corrected chi connectivity index (χ2v) is 5.50. The number of rotatable bonds is 5. The molecule has 1 aromatic heterocycles. The summed E-state index contributed by atoms with van der Waals surface area (Å²) in [6.45, 7) is 9.46. The van der Waals surface area contributed by atoms with Crippen LogP contribution >= 0.6 is 0 Å². The van der Waals surface area contributed by atoms with Gasteiger partial charge in [0.1, 0.15) is 18.1 Å². The zero-order valence-electron chi connectivity index (χ0n) is 12.0. The van der Waals surface area contributed by atoms with Gasteiger partial charge in [0.25, 0.3) is 0 Å². The maximum Gasteiger partial charge on any atom is 0.246 e. The first-order valence-electron chi connectivity index (χ1n) is 6.60. The fourth-order valence-corrected chi connectivity index (χ4v) is 2.26. The first kappa shape index (κ1) is 14.1. The van der Waals surface area contributed by atoms with Gasteiger partial charge in [-0.1, -0.05) is 0 Å². The van der Waals surface area contributed by atoms with Gasteiger partial charge in [0, 0.05) is 18.7 Å². The molecule has 0 aliphatic carbocycles. The molecule has 2 heterocycles. The average molecular weight is 266 g/mol. The normalized spacial score (nSPS) is 18.7. The summed E-state index contributed by atoms with van der Waals surface area (Å²) < 4.78 is 11.1. The van der Waals surface area contributed by atoms with Gasteiger partial charge in [0.2, 0.25) is 5.91 Å². The van der Waals surface area contributed by atoms with Gasteiger partial charge in [0.15, 0.2) is 0 Å². The van der Waals surface area contributed by atoms with Crippen LogP contribution < -0.4 is 10.6 Å². The molecule has 5 heteroatoms. The third-order valence-electron chi connectivity index (χ3n) is 3.47. The summed E-state index contributed by atoms with van der Waals surface area (Å²) in [5.41, 5.74) is 0.824. The number of hydrogen-bond acceptors (Lipinski definition) is 4. The van der Waals surface area contributed by atoms with Gasteiger partial charge in [0.05, 0.1) is 11.6 Å².